The maximum Gasteiger partial charge on any atom is 0.216 e. The summed E-state index contributed by atoms with van der Waals surface area (Å²) in [6.45, 7) is 14.9. The Morgan fingerprint density at radius 2 is 1.91 bits per heavy atom. The van der Waals surface area contributed by atoms with Crippen molar-refractivity contribution in [2.24, 2.45) is 4.99 Å². The molecule has 1 heterocycles. The van der Waals surface area contributed by atoms with Crippen LogP contribution in [0.15, 0.2) is 15.6 Å². The number of nitrogens with one attached hydrogen (secondary N) is 2. The van der Waals surface area contributed by atoms with Crippen molar-refractivity contribution in [2.45, 2.75) is 58.2 Å². The van der Waals surface area contributed by atoms with Crippen LogP contribution in [0.2, 0.25) is 0 Å². The highest BCUT2D eigenvalue weighted by Gasteiger charge is 2.19. The number of guanidine groups is 1. The molecular formula is C16H31IN4OS. The summed E-state index contributed by atoms with van der Waals surface area (Å²) >= 11 is 1.83. The molecule has 0 bridgehead atoms. The molecule has 0 unspecified atom stereocenters. The molecule has 0 saturated carbocycles. The van der Waals surface area contributed by atoms with Crippen molar-refractivity contribution in [1.82, 2.24) is 15.6 Å². The summed E-state index contributed by atoms with van der Waals surface area (Å²) in [6, 6.07) is 0. The highest BCUT2D eigenvalue weighted by Crippen LogP contribution is 2.23. The average molecular weight is 454 g/mol. The van der Waals surface area contributed by atoms with E-state index < -0.39 is 0 Å². The minimum absolute atomic E-state index is 0. The summed E-state index contributed by atoms with van der Waals surface area (Å²) in [5.41, 5.74) is -0.0277. The van der Waals surface area contributed by atoms with Gasteiger partial charge in [0, 0.05) is 23.3 Å². The Kier molecular flexibility index (Phi) is 9.57. The van der Waals surface area contributed by atoms with Gasteiger partial charge in [-0.25, -0.2) is 9.98 Å². The first kappa shape index (κ1) is 22.6. The fourth-order valence-electron chi connectivity index (χ4n) is 1.59. The van der Waals surface area contributed by atoms with E-state index >= 15 is 0 Å². The number of rotatable bonds is 6. The zero-order valence-corrected chi connectivity index (χ0v) is 18.5. The van der Waals surface area contributed by atoms with Crippen LogP contribution >= 0.6 is 35.7 Å². The number of aromatic nitrogens is 1. The van der Waals surface area contributed by atoms with E-state index in [9.17, 15) is 0 Å². The number of aliphatic imine (C=N–C) groups is 1. The molecular weight excluding hydrogens is 423 g/mol. The molecule has 1 aromatic heterocycles. The highest BCUT2D eigenvalue weighted by molar-refractivity contribution is 14.0. The number of halogens is 1. The van der Waals surface area contributed by atoms with Gasteiger partial charge in [0.15, 0.2) is 5.96 Å². The Hall–Kier alpha value is -0.440. The van der Waals surface area contributed by atoms with Gasteiger partial charge < -0.3 is 15.1 Å². The molecule has 0 radical (unpaired) electrons. The summed E-state index contributed by atoms with van der Waals surface area (Å²) in [5, 5.41) is 6.61. The van der Waals surface area contributed by atoms with Gasteiger partial charge in [0.1, 0.15) is 12.3 Å². The molecule has 2 N–H and O–H groups in total. The maximum absolute atomic E-state index is 5.77. The fraction of sp³-hybridized carbons (Fsp3) is 0.750. The molecule has 7 heteroatoms. The highest BCUT2D eigenvalue weighted by atomic mass is 127. The molecule has 0 aliphatic heterocycles. The molecule has 0 aromatic carbocycles. The van der Waals surface area contributed by atoms with Crippen LogP contribution in [0.4, 0.5) is 0 Å². The Bertz CT molecular complexity index is 495. The molecule has 0 saturated heterocycles. The first-order chi connectivity index (χ1) is 10.2. The minimum atomic E-state index is -0.0277. The van der Waals surface area contributed by atoms with Crippen LogP contribution in [-0.2, 0) is 12.0 Å². The lowest BCUT2D eigenvalue weighted by Crippen LogP contribution is -2.43. The zero-order valence-electron chi connectivity index (χ0n) is 15.3. The van der Waals surface area contributed by atoms with Gasteiger partial charge in [-0.3, -0.25) is 0 Å². The number of hydrogen-bond acceptors (Lipinski definition) is 4. The maximum atomic E-state index is 5.77. The van der Waals surface area contributed by atoms with Crippen molar-refractivity contribution < 1.29 is 4.42 Å². The molecule has 0 spiro atoms. The summed E-state index contributed by atoms with van der Waals surface area (Å²) < 4.78 is 5.93. The van der Waals surface area contributed by atoms with Crippen molar-refractivity contribution >= 4 is 41.7 Å². The molecule has 23 heavy (non-hydrogen) atoms. The minimum Gasteiger partial charge on any atom is -0.443 e. The van der Waals surface area contributed by atoms with E-state index in [0.717, 1.165) is 24.8 Å². The lowest BCUT2D eigenvalue weighted by Gasteiger charge is -2.23. The van der Waals surface area contributed by atoms with Crippen molar-refractivity contribution in [3.8, 4) is 0 Å². The third-order valence-electron chi connectivity index (χ3n) is 3.24. The first-order valence-corrected chi connectivity index (χ1v) is 8.93. The molecule has 0 aliphatic carbocycles. The van der Waals surface area contributed by atoms with E-state index in [4.69, 9.17) is 4.42 Å². The predicted octanol–water partition coefficient (Wildman–Crippen LogP) is 3.79. The molecule has 0 atom stereocenters. The summed E-state index contributed by atoms with van der Waals surface area (Å²) in [4.78, 5) is 8.85. The number of hydrogen-bond donors (Lipinski definition) is 2. The quantitative estimate of drug-likeness (QED) is 0.389. The second kappa shape index (κ2) is 9.76. The molecule has 0 aliphatic rings. The molecule has 0 amide bonds. The predicted molar refractivity (Wildman–Crippen MR) is 111 cm³/mol. The zero-order chi connectivity index (χ0) is 16.8. The van der Waals surface area contributed by atoms with Gasteiger partial charge in [-0.1, -0.05) is 20.8 Å². The third-order valence-corrected chi connectivity index (χ3v) is 4.49. The van der Waals surface area contributed by atoms with Crippen LogP contribution in [0.1, 0.15) is 53.2 Å². The molecule has 0 fully saturated rings. The van der Waals surface area contributed by atoms with Crippen LogP contribution < -0.4 is 10.6 Å². The second-order valence-electron chi connectivity index (χ2n) is 6.88. The van der Waals surface area contributed by atoms with E-state index in [2.05, 4.69) is 68.4 Å². The SMILES string of the molecule is CCNC(=NCc1ncc(C(C)(C)C)o1)NCC(C)(C)SC.I. The van der Waals surface area contributed by atoms with Gasteiger partial charge >= 0.3 is 0 Å². The molecule has 5 nitrogen and oxygen atoms in total. The lowest BCUT2D eigenvalue weighted by atomic mass is 9.94. The summed E-state index contributed by atoms with van der Waals surface area (Å²) in [7, 11) is 0. The van der Waals surface area contributed by atoms with Crippen LogP contribution in [0.5, 0.6) is 0 Å². The second-order valence-corrected chi connectivity index (χ2v) is 8.39. The third kappa shape index (κ3) is 8.28. The van der Waals surface area contributed by atoms with Crippen molar-refractivity contribution in [3.05, 3.63) is 17.8 Å². The van der Waals surface area contributed by atoms with Crippen LogP contribution in [0.3, 0.4) is 0 Å². The number of thioether (sulfide) groups is 1. The summed E-state index contributed by atoms with van der Waals surface area (Å²) in [5.74, 6) is 2.32. The van der Waals surface area contributed by atoms with Gasteiger partial charge in [-0.2, -0.15) is 11.8 Å². The first-order valence-electron chi connectivity index (χ1n) is 7.70. The normalized spacial score (nSPS) is 12.7. The van der Waals surface area contributed by atoms with E-state index in [1.165, 1.54) is 0 Å². The van der Waals surface area contributed by atoms with Gasteiger partial charge in [-0.15, -0.1) is 24.0 Å². The van der Waals surface area contributed by atoms with Crippen molar-refractivity contribution in [3.63, 3.8) is 0 Å². The number of nitrogens with zero attached hydrogens (tertiary/aromatic N) is 2. The smallest absolute Gasteiger partial charge is 0.216 e. The van der Waals surface area contributed by atoms with Crippen molar-refractivity contribution in [1.29, 1.82) is 0 Å². The van der Waals surface area contributed by atoms with Crippen molar-refractivity contribution in [2.75, 3.05) is 19.3 Å². The molecule has 1 rings (SSSR count). The monoisotopic (exact) mass is 454 g/mol. The number of oxazole rings is 1. The molecule has 1 aromatic rings. The Balaban J connectivity index is 0.00000484. The van der Waals surface area contributed by atoms with E-state index in [-0.39, 0.29) is 34.1 Å². The van der Waals surface area contributed by atoms with E-state index in [1.54, 1.807) is 6.20 Å². The van der Waals surface area contributed by atoms with Gasteiger partial charge in [0.05, 0.1) is 6.20 Å². The fourth-order valence-corrected chi connectivity index (χ4v) is 1.80. The van der Waals surface area contributed by atoms with Gasteiger partial charge in [-0.05, 0) is 27.0 Å². The average Bonchev–Trinajstić information content (AvgIpc) is 2.91. The Morgan fingerprint density at radius 1 is 1.26 bits per heavy atom. The summed E-state index contributed by atoms with van der Waals surface area (Å²) in [6.07, 6.45) is 3.91. The standard InChI is InChI=1S/C16H30N4OS.HI/c1-8-17-14(20-11-16(5,6)22-7)19-10-13-18-9-12(21-13)15(2,3)4;/h9H,8,10-11H2,1-7H3,(H2,17,19,20);1H. The van der Waals surface area contributed by atoms with E-state index in [0.29, 0.717) is 12.4 Å². The van der Waals surface area contributed by atoms with E-state index in [1.807, 2.05) is 11.8 Å². The van der Waals surface area contributed by atoms with Gasteiger partial charge in [0.25, 0.3) is 0 Å². The van der Waals surface area contributed by atoms with Gasteiger partial charge in [0.2, 0.25) is 5.89 Å². The topological polar surface area (TPSA) is 62.5 Å². The lowest BCUT2D eigenvalue weighted by molar-refractivity contribution is 0.383. The Morgan fingerprint density at radius 3 is 2.39 bits per heavy atom. The van der Waals surface area contributed by atoms with Crippen LogP contribution in [-0.4, -0.2) is 35.0 Å². The Labute approximate surface area is 161 Å². The molecule has 134 valence electrons. The van der Waals surface area contributed by atoms with Crippen LogP contribution in [0, 0.1) is 0 Å². The largest absolute Gasteiger partial charge is 0.443 e. The van der Waals surface area contributed by atoms with Crippen LogP contribution in [0.25, 0.3) is 0 Å².